The van der Waals surface area contributed by atoms with Crippen molar-refractivity contribution in [3.05, 3.63) is 53.6 Å². The summed E-state index contributed by atoms with van der Waals surface area (Å²) in [6.45, 7) is 4.61. The van der Waals surface area contributed by atoms with E-state index in [4.69, 9.17) is 9.47 Å². The highest BCUT2D eigenvalue weighted by Gasteiger charge is 2.16. The van der Waals surface area contributed by atoms with E-state index < -0.39 is 0 Å². The summed E-state index contributed by atoms with van der Waals surface area (Å²) in [7, 11) is 0. The average Bonchev–Trinajstić information content (AvgIpc) is 2.79. The first-order chi connectivity index (χ1) is 15.2. The number of carbonyl (C=O) groups excluding carboxylic acids is 2. The van der Waals surface area contributed by atoms with Crippen LogP contribution in [0.5, 0.6) is 5.75 Å². The number of amides is 2. The SMILES string of the molecule is O=C1CCc2cc(OCCCC(=O)Nc3ccccc3CN3CCOCC3)ccc2N1. The van der Waals surface area contributed by atoms with E-state index in [2.05, 4.69) is 21.6 Å². The lowest BCUT2D eigenvalue weighted by Crippen LogP contribution is -2.35. The molecule has 7 heteroatoms. The average molecular weight is 424 g/mol. The molecule has 2 amide bonds. The van der Waals surface area contributed by atoms with Crippen LogP contribution in [0, 0.1) is 0 Å². The van der Waals surface area contributed by atoms with Crippen molar-refractivity contribution in [3.63, 3.8) is 0 Å². The number of morpholine rings is 1. The molecule has 2 aliphatic rings. The van der Waals surface area contributed by atoms with E-state index in [-0.39, 0.29) is 11.8 Å². The molecule has 2 aliphatic heterocycles. The van der Waals surface area contributed by atoms with Crippen molar-refractivity contribution >= 4 is 23.2 Å². The van der Waals surface area contributed by atoms with Crippen LogP contribution in [0.3, 0.4) is 0 Å². The Labute approximate surface area is 182 Å². The first kappa shape index (κ1) is 21.3. The van der Waals surface area contributed by atoms with Gasteiger partial charge in [-0.2, -0.15) is 0 Å². The molecule has 0 unspecified atom stereocenters. The molecule has 0 radical (unpaired) electrons. The van der Waals surface area contributed by atoms with Crippen molar-refractivity contribution in [3.8, 4) is 5.75 Å². The maximum atomic E-state index is 12.5. The Kier molecular flexibility index (Phi) is 7.17. The molecule has 7 nitrogen and oxygen atoms in total. The van der Waals surface area contributed by atoms with Gasteiger partial charge in [0.2, 0.25) is 11.8 Å². The van der Waals surface area contributed by atoms with Crippen LogP contribution >= 0.6 is 0 Å². The standard InChI is InChI=1S/C24H29N3O4/c28-23(25-21-5-2-1-4-19(21)17-27-11-14-30-15-12-27)6-3-13-31-20-8-9-22-18(16-20)7-10-24(29)26-22/h1-2,4-5,8-9,16H,3,6-7,10-15,17H2,(H,25,28)(H,26,29). The van der Waals surface area contributed by atoms with Crippen LogP contribution in [0.1, 0.15) is 30.4 Å². The molecule has 0 aromatic heterocycles. The summed E-state index contributed by atoms with van der Waals surface area (Å²) in [5, 5.41) is 5.92. The zero-order valence-corrected chi connectivity index (χ0v) is 17.7. The second kappa shape index (κ2) is 10.4. The molecule has 0 saturated carbocycles. The van der Waals surface area contributed by atoms with Gasteiger partial charge < -0.3 is 20.1 Å². The number of para-hydroxylation sites is 1. The fourth-order valence-electron chi connectivity index (χ4n) is 3.87. The molecule has 1 saturated heterocycles. The molecule has 164 valence electrons. The third kappa shape index (κ3) is 6.06. The van der Waals surface area contributed by atoms with E-state index in [1.165, 1.54) is 0 Å². The van der Waals surface area contributed by atoms with Gasteiger partial charge in [0.1, 0.15) is 5.75 Å². The first-order valence-electron chi connectivity index (χ1n) is 10.9. The number of aryl methyl sites for hydroxylation is 1. The van der Waals surface area contributed by atoms with Crippen LogP contribution in [-0.2, 0) is 27.3 Å². The van der Waals surface area contributed by atoms with Crippen molar-refractivity contribution in [1.82, 2.24) is 4.90 Å². The molecular weight excluding hydrogens is 394 g/mol. The molecule has 2 aromatic carbocycles. The van der Waals surface area contributed by atoms with Gasteiger partial charge in [-0.15, -0.1) is 0 Å². The van der Waals surface area contributed by atoms with Gasteiger partial charge in [-0.05, 0) is 48.2 Å². The lowest BCUT2D eigenvalue weighted by Gasteiger charge is -2.27. The third-order valence-electron chi connectivity index (χ3n) is 5.58. The summed E-state index contributed by atoms with van der Waals surface area (Å²) in [6, 6.07) is 13.7. The molecule has 0 bridgehead atoms. The monoisotopic (exact) mass is 423 g/mol. The fraction of sp³-hybridized carbons (Fsp3) is 0.417. The van der Waals surface area contributed by atoms with Crippen LogP contribution in [0.4, 0.5) is 11.4 Å². The van der Waals surface area contributed by atoms with Crippen molar-refractivity contribution < 1.29 is 19.1 Å². The number of anilines is 2. The number of nitrogens with zero attached hydrogens (tertiary/aromatic N) is 1. The highest BCUT2D eigenvalue weighted by molar-refractivity contribution is 5.94. The Balaban J connectivity index is 1.22. The van der Waals surface area contributed by atoms with Crippen LogP contribution < -0.4 is 15.4 Å². The minimum Gasteiger partial charge on any atom is -0.494 e. The van der Waals surface area contributed by atoms with Crippen molar-refractivity contribution in [2.24, 2.45) is 0 Å². The predicted octanol–water partition coefficient (Wildman–Crippen LogP) is 3.20. The van der Waals surface area contributed by atoms with E-state index in [9.17, 15) is 9.59 Å². The Morgan fingerprint density at radius 1 is 1.13 bits per heavy atom. The Bertz CT molecular complexity index is 925. The van der Waals surface area contributed by atoms with Crippen molar-refractivity contribution in [2.45, 2.75) is 32.2 Å². The summed E-state index contributed by atoms with van der Waals surface area (Å²) >= 11 is 0. The zero-order chi connectivity index (χ0) is 21.5. The Morgan fingerprint density at radius 2 is 1.97 bits per heavy atom. The molecule has 2 heterocycles. The van der Waals surface area contributed by atoms with Crippen LogP contribution in [0.25, 0.3) is 0 Å². The van der Waals surface area contributed by atoms with Gasteiger partial charge in [-0.3, -0.25) is 14.5 Å². The lowest BCUT2D eigenvalue weighted by molar-refractivity contribution is -0.117. The third-order valence-corrected chi connectivity index (χ3v) is 5.58. The molecular formula is C24H29N3O4. The maximum absolute atomic E-state index is 12.5. The smallest absolute Gasteiger partial charge is 0.224 e. The summed E-state index contributed by atoms with van der Waals surface area (Å²) in [4.78, 5) is 26.2. The Morgan fingerprint density at radius 3 is 2.84 bits per heavy atom. The molecule has 31 heavy (non-hydrogen) atoms. The molecule has 2 aromatic rings. The van der Waals surface area contributed by atoms with E-state index in [1.807, 2.05) is 36.4 Å². The van der Waals surface area contributed by atoms with Gasteiger partial charge in [0.15, 0.2) is 0 Å². The second-order valence-corrected chi connectivity index (χ2v) is 7.91. The van der Waals surface area contributed by atoms with E-state index in [0.717, 1.165) is 67.5 Å². The van der Waals surface area contributed by atoms with Gasteiger partial charge in [0.25, 0.3) is 0 Å². The van der Waals surface area contributed by atoms with Gasteiger partial charge in [-0.1, -0.05) is 18.2 Å². The Hall–Kier alpha value is -2.90. The summed E-state index contributed by atoms with van der Waals surface area (Å²) in [6.07, 6.45) is 2.26. The number of hydrogen-bond acceptors (Lipinski definition) is 5. The van der Waals surface area contributed by atoms with E-state index in [0.29, 0.717) is 25.9 Å². The van der Waals surface area contributed by atoms with Crippen LogP contribution in [-0.4, -0.2) is 49.6 Å². The topological polar surface area (TPSA) is 79.9 Å². The van der Waals surface area contributed by atoms with Gasteiger partial charge in [-0.25, -0.2) is 0 Å². The quantitative estimate of drug-likeness (QED) is 0.638. The number of hydrogen-bond donors (Lipinski definition) is 2. The molecule has 0 spiro atoms. The van der Waals surface area contributed by atoms with E-state index in [1.54, 1.807) is 0 Å². The summed E-state index contributed by atoms with van der Waals surface area (Å²) < 4.78 is 11.2. The van der Waals surface area contributed by atoms with Crippen molar-refractivity contribution in [2.75, 3.05) is 43.5 Å². The fourth-order valence-corrected chi connectivity index (χ4v) is 3.87. The normalized spacial score (nSPS) is 16.3. The molecule has 1 fully saturated rings. The van der Waals surface area contributed by atoms with Gasteiger partial charge in [0.05, 0.1) is 19.8 Å². The van der Waals surface area contributed by atoms with Crippen molar-refractivity contribution in [1.29, 1.82) is 0 Å². The molecule has 4 rings (SSSR count). The minimum absolute atomic E-state index is 0.00817. The largest absolute Gasteiger partial charge is 0.494 e. The summed E-state index contributed by atoms with van der Waals surface area (Å²) in [5.74, 6) is 0.816. The number of fused-ring (bicyclic) bond motifs is 1. The number of ether oxygens (including phenoxy) is 2. The van der Waals surface area contributed by atoms with E-state index >= 15 is 0 Å². The minimum atomic E-state index is -0.00817. The molecule has 2 N–H and O–H groups in total. The highest BCUT2D eigenvalue weighted by Crippen LogP contribution is 2.27. The zero-order valence-electron chi connectivity index (χ0n) is 17.7. The summed E-state index contributed by atoms with van der Waals surface area (Å²) in [5.41, 5.74) is 3.94. The highest BCUT2D eigenvalue weighted by atomic mass is 16.5. The number of carbonyl (C=O) groups is 2. The molecule has 0 aliphatic carbocycles. The van der Waals surface area contributed by atoms with Crippen LogP contribution in [0.2, 0.25) is 0 Å². The first-order valence-corrected chi connectivity index (χ1v) is 10.9. The van der Waals surface area contributed by atoms with Gasteiger partial charge >= 0.3 is 0 Å². The number of nitrogens with one attached hydrogen (secondary N) is 2. The predicted molar refractivity (Wildman–Crippen MR) is 119 cm³/mol. The number of rotatable bonds is 8. The van der Waals surface area contributed by atoms with Crippen LogP contribution in [0.15, 0.2) is 42.5 Å². The molecule has 0 atom stereocenters. The van der Waals surface area contributed by atoms with Gasteiger partial charge in [0, 0.05) is 43.9 Å². The maximum Gasteiger partial charge on any atom is 0.224 e. The second-order valence-electron chi connectivity index (χ2n) is 7.91. The number of benzene rings is 2. The lowest BCUT2D eigenvalue weighted by atomic mass is 10.0.